The van der Waals surface area contributed by atoms with Crippen molar-refractivity contribution in [3.05, 3.63) is 22.4 Å². The highest BCUT2D eigenvalue weighted by molar-refractivity contribution is 9.10. The summed E-state index contributed by atoms with van der Waals surface area (Å²) < 4.78 is 11.7. The Morgan fingerprint density at radius 3 is 3.11 bits per heavy atom. The minimum atomic E-state index is -1.10. The lowest BCUT2D eigenvalue weighted by atomic mass is 10.1. The number of ether oxygens (including phenoxy) is 2. The normalized spacial score (nSPS) is 19.5. The molecule has 2 rings (SSSR count). The van der Waals surface area contributed by atoms with Crippen LogP contribution in [0.5, 0.6) is 5.75 Å². The number of carbonyl (C=O) groups is 1. The summed E-state index contributed by atoms with van der Waals surface area (Å²) >= 11 is 3.24. The number of nitrogens with zero attached hydrogens (tertiary/aromatic N) is 1. The van der Waals surface area contributed by atoms with Gasteiger partial charge in [0.15, 0.2) is 11.4 Å². The van der Waals surface area contributed by atoms with Crippen LogP contribution in [-0.2, 0) is 4.74 Å². The second kappa shape index (κ2) is 6.15. The van der Waals surface area contributed by atoms with Gasteiger partial charge in [0.05, 0.1) is 6.10 Å². The van der Waals surface area contributed by atoms with Gasteiger partial charge >= 0.3 is 5.97 Å². The number of hydrogen-bond acceptors (Lipinski definition) is 4. The molecule has 0 spiro atoms. The van der Waals surface area contributed by atoms with Crippen molar-refractivity contribution < 1.29 is 19.4 Å². The van der Waals surface area contributed by atoms with E-state index in [1.807, 2.05) is 0 Å². The molecule has 1 atom stereocenters. The van der Waals surface area contributed by atoms with E-state index in [2.05, 4.69) is 20.9 Å². The van der Waals surface area contributed by atoms with Gasteiger partial charge in [-0.05, 0) is 41.3 Å². The number of aromatic carboxylic acids is 1. The van der Waals surface area contributed by atoms with E-state index in [-0.39, 0.29) is 17.5 Å². The van der Waals surface area contributed by atoms with E-state index in [4.69, 9.17) is 14.6 Å². The SMILES string of the molecule is O=C(O)c1ncc(Br)cc1OCC1CCCCO1. The van der Waals surface area contributed by atoms with Crippen LogP contribution in [0.4, 0.5) is 0 Å². The molecule has 1 aromatic rings. The molecule has 0 aliphatic carbocycles. The van der Waals surface area contributed by atoms with Gasteiger partial charge in [0, 0.05) is 17.3 Å². The van der Waals surface area contributed by atoms with Crippen LogP contribution in [0.15, 0.2) is 16.7 Å². The maximum Gasteiger partial charge on any atom is 0.358 e. The van der Waals surface area contributed by atoms with Crippen molar-refractivity contribution in [3.8, 4) is 5.75 Å². The number of pyridine rings is 1. The van der Waals surface area contributed by atoms with E-state index in [1.54, 1.807) is 6.07 Å². The van der Waals surface area contributed by atoms with Crippen molar-refractivity contribution >= 4 is 21.9 Å². The number of aromatic nitrogens is 1. The molecule has 18 heavy (non-hydrogen) atoms. The first-order chi connectivity index (χ1) is 8.66. The smallest absolute Gasteiger partial charge is 0.358 e. The number of rotatable bonds is 4. The summed E-state index contributed by atoms with van der Waals surface area (Å²) in [6.45, 7) is 1.11. The Morgan fingerprint density at radius 1 is 1.61 bits per heavy atom. The fraction of sp³-hybridized carbons (Fsp3) is 0.500. The van der Waals surface area contributed by atoms with E-state index in [1.165, 1.54) is 6.20 Å². The van der Waals surface area contributed by atoms with Gasteiger partial charge < -0.3 is 14.6 Å². The average molecular weight is 316 g/mol. The largest absolute Gasteiger partial charge is 0.488 e. The Hall–Kier alpha value is -1.14. The Bertz CT molecular complexity index is 432. The predicted octanol–water partition coefficient (Wildman–Crippen LogP) is 2.49. The Morgan fingerprint density at radius 2 is 2.44 bits per heavy atom. The van der Waals surface area contributed by atoms with Crippen molar-refractivity contribution in [2.24, 2.45) is 0 Å². The molecular formula is C12H14BrNO4. The van der Waals surface area contributed by atoms with Gasteiger partial charge in [-0.1, -0.05) is 0 Å². The quantitative estimate of drug-likeness (QED) is 0.924. The van der Waals surface area contributed by atoms with Crippen LogP contribution in [-0.4, -0.2) is 35.4 Å². The summed E-state index contributed by atoms with van der Waals surface area (Å²) in [5, 5.41) is 9.00. The second-order valence-electron chi connectivity index (χ2n) is 4.11. The zero-order valence-corrected chi connectivity index (χ0v) is 11.4. The lowest BCUT2D eigenvalue weighted by Crippen LogP contribution is -2.26. The van der Waals surface area contributed by atoms with Crippen molar-refractivity contribution in [1.29, 1.82) is 0 Å². The highest BCUT2D eigenvalue weighted by atomic mass is 79.9. The molecule has 1 unspecified atom stereocenters. The number of hydrogen-bond donors (Lipinski definition) is 1. The maximum absolute atomic E-state index is 11.0. The summed E-state index contributed by atoms with van der Waals surface area (Å²) in [5.41, 5.74) is -0.0750. The van der Waals surface area contributed by atoms with Crippen molar-refractivity contribution in [3.63, 3.8) is 0 Å². The van der Waals surface area contributed by atoms with Gasteiger partial charge in [-0.25, -0.2) is 9.78 Å². The van der Waals surface area contributed by atoms with Crippen LogP contribution in [0.2, 0.25) is 0 Å². The average Bonchev–Trinajstić information content (AvgIpc) is 2.37. The van der Waals surface area contributed by atoms with E-state index >= 15 is 0 Å². The zero-order valence-electron chi connectivity index (χ0n) is 9.76. The summed E-state index contributed by atoms with van der Waals surface area (Å²) in [7, 11) is 0. The highest BCUT2D eigenvalue weighted by Gasteiger charge is 2.18. The molecule has 0 amide bonds. The molecule has 1 aliphatic heterocycles. The predicted molar refractivity (Wildman–Crippen MR) is 68.0 cm³/mol. The summed E-state index contributed by atoms with van der Waals surface area (Å²) in [6.07, 6.45) is 4.63. The van der Waals surface area contributed by atoms with Gasteiger partial charge in [0.1, 0.15) is 6.61 Å². The van der Waals surface area contributed by atoms with Crippen LogP contribution in [0.3, 0.4) is 0 Å². The van der Waals surface area contributed by atoms with Crippen LogP contribution in [0.1, 0.15) is 29.8 Å². The van der Waals surface area contributed by atoms with Crippen molar-refractivity contribution in [2.45, 2.75) is 25.4 Å². The fourth-order valence-electron chi connectivity index (χ4n) is 1.81. The van der Waals surface area contributed by atoms with Crippen LogP contribution >= 0.6 is 15.9 Å². The molecule has 0 saturated carbocycles. The first-order valence-corrected chi connectivity index (χ1v) is 6.59. The maximum atomic E-state index is 11.0. The molecule has 2 heterocycles. The third-order valence-electron chi connectivity index (χ3n) is 2.72. The van der Waals surface area contributed by atoms with E-state index < -0.39 is 5.97 Å². The molecule has 5 nitrogen and oxygen atoms in total. The fourth-order valence-corrected chi connectivity index (χ4v) is 2.12. The second-order valence-corrected chi connectivity index (χ2v) is 5.02. The lowest BCUT2D eigenvalue weighted by molar-refractivity contribution is -0.0114. The third-order valence-corrected chi connectivity index (χ3v) is 3.15. The van der Waals surface area contributed by atoms with Gasteiger partial charge in [0.25, 0.3) is 0 Å². The monoisotopic (exact) mass is 315 g/mol. The molecule has 0 radical (unpaired) electrons. The van der Waals surface area contributed by atoms with Crippen LogP contribution < -0.4 is 4.74 Å². The van der Waals surface area contributed by atoms with Crippen LogP contribution in [0, 0.1) is 0 Å². The molecule has 0 bridgehead atoms. The number of halogens is 1. The standard InChI is InChI=1S/C12H14BrNO4/c13-8-5-10(11(12(15)16)14-6-8)18-7-9-3-1-2-4-17-9/h5-6,9H,1-4,7H2,(H,15,16). The third kappa shape index (κ3) is 3.43. The Balaban J connectivity index is 2.03. The lowest BCUT2D eigenvalue weighted by Gasteiger charge is -2.22. The summed E-state index contributed by atoms with van der Waals surface area (Å²) in [4.78, 5) is 14.8. The van der Waals surface area contributed by atoms with Gasteiger partial charge in [-0.2, -0.15) is 0 Å². The van der Waals surface area contributed by atoms with Gasteiger partial charge in [-0.15, -0.1) is 0 Å². The first-order valence-electron chi connectivity index (χ1n) is 5.80. The molecule has 6 heteroatoms. The minimum Gasteiger partial charge on any atom is -0.488 e. The van der Waals surface area contributed by atoms with E-state index in [0.717, 1.165) is 25.9 Å². The molecular weight excluding hydrogens is 302 g/mol. The van der Waals surface area contributed by atoms with Crippen molar-refractivity contribution in [1.82, 2.24) is 4.98 Å². The molecule has 1 N–H and O–H groups in total. The van der Waals surface area contributed by atoms with E-state index in [0.29, 0.717) is 11.1 Å². The topological polar surface area (TPSA) is 68.7 Å². The molecule has 1 aliphatic rings. The summed E-state index contributed by atoms with van der Waals surface area (Å²) in [6, 6.07) is 1.61. The number of carboxylic acid groups (broad SMARTS) is 1. The van der Waals surface area contributed by atoms with Crippen LogP contribution in [0.25, 0.3) is 0 Å². The molecule has 1 aromatic heterocycles. The molecule has 1 fully saturated rings. The Labute approximate surface area is 113 Å². The number of carboxylic acids is 1. The molecule has 98 valence electrons. The first kappa shape index (κ1) is 13.3. The van der Waals surface area contributed by atoms with Crippen molar-refractivity contribution in [2.75, 3.05) is 13.2 Å². The van der Waals surface area contributed by atoms with E-state index in [9.17, 15) is 4.79 Å². The Kier molecular flexibility index (Phi) is 4.54. The van der Waals surface area contributed by atoms with Gasteiger partial charge in [-0.3, -0.25) is 0 Å². The molecule has 1 saturated heterocycles. The summed E-state index contributed by atoms with van der Waals surface area (Å²) in [5.74, 6) is -0.826. The molecule has 0 aromatic carbocycles. The van der Waals surface area contributed by atoms with Gasteiger partial charge in [0.2, 0.25) is 0 Å². The highest BCUT2D eigenvalue weighted by Crippen LogP contribution is 2.22. The minimum absolute atomic E-state index is 0.0411. The zero-order chi connectivity index (χ0) is 13.0.